The van der Waals surface area contributed by atoms with E-state index >= 15 is 0 Å². The standard InChI is InChI=1S/C23H20BrClFN3OS.C17H18BrN3OS.C16H14BrCl2N3OS.C13H16BrN3OS.C10H13N3OS/c1-14-2-4-15(5-3-14)12-28-22(30)19-8-6-17(24)10-16(19)13-31-23(27)29-18-7-9-21(26)20(25)11-18;1-11-2-4-12(5-3-11)9-21-16(22)15-7-6-14(18)8-13(15)10-23-17(19)20;17-11-2-3-12(10(6-11)8-24-16(20)21)15(23)22-7-9-1-4-13(18)14(19)5-9;14-10-3-4-11(9(5-10)7-19-13(15)16)12(18)17-6-8-1-2-8;1-13-9(14)8-5-3-2-4-7(8)6-15-10(11)12/h2-11H,12-13H2,1H3,(H2,27,29)(H,28,30);2-8H,9-10H2,1H3,(H3,19,20)(H,21,22);1-6H,7-8H2,(H3,20,21)(H,22,23);3-5,8H,1-2,6-7H2,(H3,15,16)(H,17,18);2-5H,6H2,1H3,(H3,11,12)(H,13,14). The number of nitrogens with two attached hydrogens (primary N) is 5. The number of nitrogens with one attached hydrogen (secondary N) is 9. The third-order valence-electron chi connectivity index (χ3n) is 15.6. The summed E-state index contributed by atoms with van der Waals surface area (Å²) in [6.45, 7) is 6.07. The smallest absolute Gasteiger partial charge is 0.251 e. The molecule has 0 atom stereocenters. The molecule has 0 bridgehead atoms. The van der Waals surface area contributed by atoms with Crippen molar-refractivity contribution < 1.29 is 28.4 Å². The van der Waals surface area contributed by atoms with Gasteiger partial charge in [-0.05, 0) is 186 Å². The van der Waals surface area contributed by atoms with E-state index in [1.807, 2.05) is 135 Å². The van der Waals surface area contributed by atoms with Gasteiger partial charge in [-0.1, -0.05) is 241 Å². The number of amides is 5. The number of benzene rings is 9. The first-order valence-corrected chi connectivity index (χ1v) is 43.0. The maximum atomic E-state index is 13.3. The zero-order chi connectivity index (χ0) is 82.0. The molecule has 10 rings (SSSR count). The highest BCUT2D eigenvalue weighted by Gasteiger charge is 2.23. The van der Waals surface area contributed by atoms with Gasteiger partial charge in [0, 0.05) is 108 Å². The molecule has 20 nitrogen and oxygen atoms in total. The van der Waals surface area contributed by atoms with Crippen molar-refractivity contribution in [2.75, 3.05) is 13.6 Å². The van der Waals surface area contributed by atoms with Gasteiger partial charge in [0.1, 0.15) is 5.82 Å². The highest BCUT2D eigenvalue weighted by Crippen LogP contribution is 2.31. The summed E-state index contributed by atoms with van der Waals surface area (Å²) in [5.74, 6) is 1.95. The fourth-order valence-electron chi connectivity index (χ4n) is 9.65. The Bertz CT molecular complexity index is 4870. The number of rotatable bonds is 24. The van der Waals surface area contributed by atoms with E-state index in [1.165, 1.54) is 101 Å². The molecule has 5 amide bonds. The fraction of sp³-hybridized carbons (Fsp3) is 0.190. The van der Waals surface area contributed by atoms with E-state index in [2.05, 4.69) is 95.3 Å². The van der Waals surface area contributed by atoms with Crippen LogP contribution in [0.4, 0.5) is 10.1 Å². The van der Waals surface area contributed by atoms with Gasteiger partial charge in [0.05, 0.1) is 20.8 Å². The van der Waals surface area contributed by atoms with Crippen molar-refractivity contribution in [3.05, 3.63) is 304 Å². The third kappa shape index (κ3) is 34.1. The predicted octanol–water partition coefficient (Wildman–Crippen LogP) is 18.9. The van der Waals surface area contributed by atoms with Crippen LogP contribution in [0.5, 0.6) is 0 Å². The number of aryl methyl sites for hydroxylation is 2. The van der Waals surface area contributed by atoms with Crippen LogP contribution in [0.2, 0.25) is 15.1 Å². The Hall–Kier alpha value is -7.85. The van der Waals surface area contributed by atoms with Gasteiger partial charge in [-0.3, -0.25) is 45.6 Å². The molecule has 33 heteroatoms. The van der Waals surface area contributed by atoms with Gasteiger partial charge in [0.2, 0.25) is 0 Å². The monoisotopic (exact) mass is 1920 g/mol. The highest BCUT2D eigenvalue weighted by atomic mass is 79.9. The Morgan fingerprint density at radius 2 is 0.777 bits per heavy atom. The van der Waals surface area contributed by atoms with Crippen LogP contribution in [0, 0.1) is 47.2 Å². The average Bonchev–Trinajstić information content (AvgIpc) is 0.900. The van der Waals surface area contributed by atoms with E-state index in [9.17, 15) is 28.4 Å². The molecule has 9 aromatic carbocycles. The minimum Gasteiger partial charge on any atom is -0.379 e. The maximum Gasteiger partial charge on any atom is 0.251 e. The largest absolute Gasteiger partial charge is 0.379 e. The summed E-state index contributed by atoms with van der Waals surface area (Å²) >= 11 is 37.4. The number of hydrogen-bond donors (Lipinski definition) is 14. The number of thioether (sulfide) groups is 5. The molecule has 1 fully saturated rings. The van der Waals surface area contributed by atoms with Crippen LogP contribution in [-0.4, -0.2) is 69.0 Å². The van der Waals surface area contributed by atoms with Crippen LogP contribution in [0.1, 0.15) is 120 Å². The molecule has 0 aromatic heterocycles. The van der Waals surface area contributed by atoms with E-state index in [4.69, 9.17) is 85.1 Å². The Morgan fingerprint density at radius 1 is 0.420 bits per heavy atom. The van der Waals surface area contributed by atoms with Crippen molar-refractivity contribution in [1.82, 2.24) is 26.6 Å². The van der Waals surface area contributed by atoms with Crippen LogP contribution in [0.15, 0.2) is 205 Å². The van der Waals surface area contributed by atoms with Gasteiger partial charge >= 0.3 is 0 Å². The van der Waals surface area contributed by atoms with Crippen LogP contribution in [0.3, 0.4) is 0 Å². The summed E-state index contributed by atoms with van der Waals surface area (Å²) in [5, 5.41) is 44.6. The van der Waals surface area contributed by atoms with Crippen molar-refractivity contribution in [3.63, 3.8) is 0 Å². The second-order valence-corrected chi connectivity index (χ2v) is 34.3. The molecular formula is C79H81Br4Cl3FN15O5S5. The van der Waals surface area contributed by atoms with Crippen LogP contribution in [-0.2, 0) is 48.4 Å². The van der Waals surface area contributed by atoms with Gasteiger partial charge < -0.3 is 55.3 Å². The average molecular weight is 1930 g/mol. The number of halogens is 8. The van der Waals surface area contributed by atoms with Gasteiger partial charge in [-0.15, -0.1) is 0 Å². The van der Waals surface area contributed by atoms with Crippen molar-refractivity contribution >= 4 is 218 Å². The molecule has 0 saturated heterocycles. The van der Waals surface area contributed by atoms with Crippen molar-refractivity contribution in [3.8, 4) is 0 Å². The second kappa shape index (κ2) is 48.4. The van der Waals surface area contributed by atoms with Crippen LogP contribution < -0.4 is 55.3 Å². The van der Waals surface area contributed by atoms with Gasteiger partial charge in [-0.2, -0.15) is 0 Å². The minimum atomic E-state index is -0.512. The lowest BCUT2D eigenvalue weighted by Crippen LogP contribution is -2.26. The number of nitrogens with zero attached hydrogens (tertiary/aromatic N) is 1. The second-order valence-electron chi connectivity index (χ2n) is 24.3. The van der Waals surface area contributed by atoms with Crippen molar-refractivity contribution in [2.24, 2.45) is 39.6 Å². The lowest BCUT2D eigenvalue weighted by atomic mass is 10.1. The lowest BCUT2D eigenvalue weighted by molar-refractivity contribution is 0.0942. The first-order valence-electron chi connectivity index (χ1n) is 33.8. The number of carbonyl (C=O) groups is 5. The van der Waals surface area contributed by atoms with Crippen LogP contribution in [0.25, 0.3) is 0 Å². The quantitative estimate of drug-likeness (QED) is 0.0197. The van der Waals surface area contributed by atoms with E-state index in [0.29, 0.717) is 97.9 Å². The molecule has 112 heavy (non-hydrogen) atoms. The van der Waals surface area contributed by atoms with Gasteiger partial charge in [0.25, 0.3) is 29.5 Å². The third-order valence-corrected chi connectivity index (χ3v) is 22.5. The Balaban J connectivity index is 0.000000222. The molecule has 9 aromatic rings. The first kappa shape index (κ1) is 93.0. The molecule has 0 unspecified atom stereocenters. The first-order chi connectivity index (χ1) is 53.3. The Kier molecular flexibility index (Phi) is 40.2. The number of carbonyl (C=O) groups excluding carboxylic acids is 5. The van der Waals surface area contributed by atoms with Crippen molar-refractivity contribution in [1.29, 1.82) is 21.6 Å². The number of amidine groups is 5. The summed E-state index contributed by atoms with van der Waals surface area (Å²) in [4.78, 5) is 65.5. The van der Waals surface area contributed by atoms with Gasteiger partial charge in [-0.25, -0.2) is 9.38 Å². The highest BCUT2D eigenvalue weighted by molar-refractivity contribution is 9.11. The zero-order valence-electron chi connectivity index (χ0n) is 60.6. The molecule has 0 heterocycles. The normalized spacial score (nSPS) is 11.2. The predicted molar refractivity (Wildman–Crippen MR) is 481 cm³/mol. The molecule has 1 aliphatic carbocycles. The summed E-state index contributed by atoms with van der Waals surface area (Å²) in [6.07, 6.45) is 2.43. The SMILES string of the molecule is CNC(=O)c1ccccc1CSC(=N)N.Cc1ccc(CNC(=O)c2ccc(Br)cc2CSC(=N)N)cc1.Cc1ccc(CNC(=O)c2ccc(Br)cc2CSC(N)=Nc2ccc(F)c(Cl)c2)cc1.N=C(N)SCc1cc(Br)ccc1C(=O)NCC1CC1.N=C(N)SCc1cc(Br)ccc1C(=O)NCc1ccc(Cl)c(Cl)c1. The van der Waals surface area contributed by atoms with E-state index in [0.717, 1.165) is 68.9 Å². The number of aliphatic imine (C=N–C) groups is 1. The molecule has 19 N–H and O–H groups in total. The van der Waals surface area contributed by atoms with Gasteiger partial charge in [0.15, 0.2) is 25.8 Å². The maximum absolute atomic E-state index is 13.3. The molecule has 1 saturated carbocycles. The summed E-state index contributed by atoms with van der Waals surface area (Å²) < 4.78 is 16.8. The number of hydrogen-bond acceptors (Lipinski definition) is 15. The summed E-state index contributed by atoms with van der Waals surface area (Å²) in [5.41, 5.74) is 40.4. The van der Waals surface area contributed by atoms with E-state index in [1.54, 1.807) is 49.5 Å². The Labute approximate surface area is 720 Å². The Morgan fingerprint density at radius 3 is 1.15 bits per heavy atom. The van der Waals surface area contributed by atoms with E-state index in [-0.39, 0.29) is 60.4 Å². The molecular weight excluding hydrogens is 1840 g/mol. The molecule has 1 aliphatic rings. The van der Waals surface area contributed by atoms with E-state index < -0.39 is 5.82 Å². The summed E-state index contributed by atoms with van der Waals surface area (Å²) in [6, 6.07) is 54.7. The van der Waals surface area contributed by atoms with Crippen LogP contribution >= 0.6 is 157 Å². The molecule has 588 valence electrons. The minimum absolute atomic E-state index is 0.0112. The zero-order valence-corrected chi connectivity index (χ0v) is 73.3. The molecule has 0 aliphatic heterocycles. The van der Waals surface area contributed by atoms with Crippen molar-refractivity contribution in [2.45, 2.75) is 75.1 Å². The lowest BCUT2D eigenvalue weighted by Gasteiger charge is -2.11. The molecule has 0 radical (unpaired) electrons. The summed E-state index contributed by atoms with van der Waals surface area (Å²) in [7, 11) is 1.59. The fourth-order valence-corrected chi connectivity index (χ4v) is 14.7. The molecule has 0 spiro atoms. The topological polar surface area (TPSA) is 383 Å².